The van der Waals surface area contributed by atoms with Crippen LogP contribution in [0.1, 0.15) is 52.5 Å². The van der Waals surface area contributed by atoms with Gasteiger partial charge in [0, 0.05) is 16.9 Å². The summed E-state index contributed by atoms with van der Waals surface area (Å²) in [5.74, 6) is 0.631. The van der Waals surface area contributed by atoms with E-state index in [4.69, 9.17) is 9.47 Å². The van der Waals surface area contributed by atoms with Crippen molar-refractivity contribution in [2.75, 3.05) is 0 Å². The van der Waals surface area contributed by atoms with Crippen LogP contribution in [0, 0.1) is 23.7 Å². The summed E-state index contributed by atoms with van der Waals surface area (Å²) in [6.45, 7) is 8.56. The third-order valence-electron chi connectivity index (χ3n) is 7.83. The van der Waals surface area contributed by atoms with Crippen LogP contribution in [0.4, 0.5) is 0 Å². The van der Waals surface area contributed by atoms with Gasteiger partial charge in [0.2, 0.25) is 0 Å². The number of esters is 1. The maximum atomic E-state index is 12.9. The molecule has 1 aliphatic carbocycles. The summed E-state index contributed by atoms with van der Waals surface area (Å²) in [6.07, 6.45) is 5.60. The summed E-state index contributed by atoms with van der Waals surface area (Å²) in [5, 5.41) is 4.14. The Balaban J connectivity index is 1.67. The van der Waals surface area contributed by atoms with Gasteiger partial charge in [-0.25, -0.2) is 4.79 Å². The molecule has 6 heteroatoms. The molecular weight excluding hydrogens is 378 g/mol. The van der Waals surface area contributed by atoms with Gasteiger partial charge in [0.1, 0.15) is 11.7 Å². The molecule has 3 fully saturated rings. The van der Waals surface area contributed by atoms with Gasteiger partial charge < -0.3 is 9.47 Å². The van der Waals surface area contributed by atoms with E-state index in [-0.39, 0.29) is 35.9 Å². The van der Waals surface area contributed by atoms with Crippen molar-refractivity contribution >= 4 is 12.0 Å². The number of nitrogens with zero attached hydrogens (tertiary/aromatic N) is 3. The average Bonchev–Trinajstić information content (AvgIpc) is 3.23. The fourth-order valence-corrected chi connectivity index (χ4v) is 6.22. The smallest absolute Gasteiger partial charge is 0.331 e. The van der Waals surface area contributed by atoms with Gasteiger partial charge in [-0.3, -0.25) is 0 Å². The molecule has 2 heterocycles. The van der Waals surface area contributed by atoms with E-state index in [9.17, 15) is 10.3 Å². The zero-order valence-corrected chi connectivity index (χ0v) is 18.2. The third-order valence-corrected chi connectivity index (χ3v) is 7.83. The molecule has 6 nitrogen and oxygen atoms in total. The molecule has 0 amide bonds. The third kappa shape index (κ3) is 3.23. The molecular formula is C24H31N3O3. The Hall–Kier alpha value is -2.30. The number of carbonyl (C=O) groups is 1. The van der Waals surface area contributed by atoms with Crippen molar-refractivity contribution in [3.05, 3.63) is 52.4 Å². The topological polar surface area (TPSA) is 84.3 Å². The maximum Gasteiger partial charge on any atom is 0.331 e. The molecule has 1 aromatic rings. The molecule has 0 spiro atoms. The van der Waals surface area contributed by atoms with E-state index in [0.29, 0.717) is 12.3 Å². The minimum Gasteiger partial charge on any atom is -0.456 e. The molecule has 3 aliphatic rings. The first-order valence-corrected chi connectivity index (χ1v) is 11.0. The van der Waals surface area contributed by atoms with Crippen LogP contribution in [-0.4, -0.2) is 29.3 Å². The van der Waals surface area contributed by atoms with Crippen LogP contribution in [0.15, 0.2) is 41.5 Å². The van der Waals surface area contributed by atoms with E-state index in [1.165, 1.54) is 6.08 Å². The lowest BCUT2D eigenvalue weighted by Gasteiger charge is -2.53. The van der Waals surface area contributed by atoms with Crippen molar-refractivity contribution < 1.29 is 14.3 Å². The SMILES string of the molecule is CC1CCC2C1C(OC(=O)/C=C/c1ccccc1)C1(C(C)C)CC(N=[N+]=[N-])C2(C)O1. The van der Waals surface area contributed by atoms with Crippen molar-refractivity contribution in [1.82, 2.24) is 0 Å². The molecule has 0 radical (unpaired) electrons. The Kier molecular flexibility index (Phi) is 5.41. The Morgan fingerprint density at radius 3 is 2.73 bits per heavy atom. The molecule has 0 aromatic heterocycles. The fourth-order valence-electron chi connectivity index (χ4n) is 6.22. The largest absolute Gasteiger partial charge is 0.456 e. The Morgan fingerprint density at radius 2 is 2.07 bits per heavy atom. The van der Waals surface area contributed by atoms with Gasteiger partial charge in [0.25, 0.3) is 0 Å². The van der Waals surface area contributed by atoms with Crippen LogP contribution in [-0.2, 0) is 14.3 Å². The predicted molar refractivity (Wildman–Crippen MR) is 115 cm³/mol. The molecule has 4 rings (SSSR count). The Morgan fingerprint density at radius 1 is 1.33 bits per heavy atom. The average molecular weight is 410 g/mol. The van der Waals surface area contributed by atoms with Crippen LogP contribution in [0.25, 0.3) is 16.5 Å². The molecule has 2 aliphatic heterocycles. The highest BCUT2D eigenvalue weighted by atomic mass is 16.6. The molecule has 1 saturated carbocycles. The van der Waals surface area contributed by atoms with Gasteiger partial charge in [-0.1, -0.05) is 56.2 Å². The zero-order chi connectivity index (χ0) is 21.5. The molecule has 160 valence electrons. The van der Waals surface area contributed by atoms with Crippen molar-refractivity contribution in [3.8, 4) is 0 Å². The summed E-state index contributed by atoms with van der Waals surface area (Å²) in [4.78, 5) is 16.0. The number of hydrogen-bond donors (Lipinski definition) is 0. The lowest BCUT2D eigenvalue weighted by Crippen LogP contribution is -2.62. The van der Waals surface area contributed by atoms with Gasteiger partial charge in [-0.05, 0) is 61.1 Å². The number of hydrogen-bond acceptors (Lipinski definition) is 4. The molecule has 1 aromatic carbocycles. The Labute approximate surface area is 178 Å². The van der Waals surface area contributed by atoms with Gasteiger partial charge >= 0.3 is 5.97 Å². The highest BCUT2D eigenvalue weighted by molar-refractivity contribution is 5.87. The van der Waals surface area contributed by atoms with Gasteiger partial charge in [0.05, 0.1) is 11.6 Å². The lowest BCUT2D eigenvalue weighted by atomic mass is 9.69. The van der Waals surface area contributed by atoms with Crippen LogP contribution in [0.5, 0.6) is 0 Å². The summed E-state index contributed by atoms with van der Waals surface area (Å²) in [7, 11) is 0. The number of azide groups is 1. The van der Waals surface area contributed by atoms with E-state index in [1.54, 1.807) is 6.08 Å². The van der Waals surface area contributed by atoms with Crippen molar-refractivity contribution in [3.63, 3.8) is 0 Å². The van der Waals surface area contributed by atoms with E-state index in [1.807, 2.05) is 30.3 Å². The molecule has 0 N–H and O–H groups in total. The van der Waals surface area contributed by atoms with Gasteiger partial charge in [-0.15, -0.1) is 0 Å². The van der Waals surface area contributed by atoms with Crippen molar-refractivity contribution in [2.24, 2.45) is 28.8 Å². The maximum absolute atomic E-state index is 12.9. The van der Waals surface area contributed by atoms with Crippen LogP contribution >= 0.6 is 0 Å². The highest BCUT2D eigenvalue weighted by Crippen LogP contribution is 2.63. The molecule has 7 atom stereocenters. The first kappa shape index (κ1) is 21.0. The number of fused-ring (bicyclic) bond motifs is 4. The quantitative estimate of drug-likeness (QED) is 0.210. The first-order chi connectivity index (χ1) is 14.3. The highest BCUT2D eigenvalue weighted by Gasteiger charge is 2.70. The number of ether oxygens (including phenoxy) is 2. The zero-order valence-electron chi connectivity index (χ0n) is 18.2. The number of rotatable bonds is 5. The second-order valence-corrected chi connectivity index (χ2v) is 9.66. The Bertz CT molecular complexity index is 879. The molecule has 2 saturated heterocycles. The van der Waals surface area contributed by atoms with Crippen LogP contribution < -0.4 is 0 Å². The summed E-state index contributed by atoms with van der Waals surface area (Å²) < 4.78 is 12.9. The monoisotopic (exact) mass is 409 g/mol. The van der Waals surface area contributed by atoms with E-state index >= 15 is 0 Å². The second kappa shape index (κ2) is 7.75. The normalized spacial score (nSPS) is 39.7. The van der Waals surface area contributed by atoms with Gasteiger partial charge in [-0.2, -0.15) is 0 Å². The van der Waals surface area contributed by atoms with E-state index in [0.717, 1.165) is 18.4 Å². The summed E-state index contributed by atoms with van der Waals surface area (Å²) in [5.41, 5.74) is 8.99. The predicted octanol–water partition coefficient (Wildman–Crippen LogP) is 5.54. The summed E-state index contributed by atoms with van der Waals surface area (Å²) in [6, 6.07) is 9.48. The first-order valence-electron chi connectivity index (χ1n) is 11.0. The lowest BCUT2D eigenvalue weighted by molar-refractivity contribution is -0.258. The van der Waals surface area contributed by atoms with E-state index < -0.39 is 11.2 Å². The minimum absolute atomic E-state index is 0.125. The minimum atomic E-state index is -0.635. The molecule has 7 unspecified atom stereocenters. The molecule has 2 bridgehead atoms. The van der Waals surface area contributed by atoms with Crippen LogP contribution in [0.2, 0.25) is 0 Å². The second-order valence-electron chi connectivity index (χ2n) is 9.66. The van der Waals surface area contributed by atoms with Crippen LogP contribution in [0.3, 0.4) is 0 Å². The number of benzene rings is 1. The van der Waals surface area contributed by atoms with E-state index in [2.05, 4.69) is 37.7 Å². The number of carbonyl (C=O) groups excluding carboxylic acids is 1. The van der Waals surface area contributed by atoms with Crippen molar-refractivity contribution in [2.45, 2.75) is 70.3 Å². The molecule has 30 heavy (non-hydrogen) atoms. The van der Waals surface area contributed by atoms with Crippen molar-refractivity contribution in [1.29, 1.82) is 0 Å². The standard InChI is InChI=1S/C24H31N3O3/c1-15(2)24-14-19(26-27-25)23(4,30-24)18-12-10-16(3)21(18)22(24)29-20(28)13-11-17-8-6-5-7-9-17/h5-9,11,13,15-16,18-19,21-22H,10,12,14H2,1-4H3/b13-11+. The fraction of sp³-hybridized carbons (Fsp3) is 0.625. The van der Waals surface area contributed by atoms with Gasteiger partial charge in [0.15, 0.2) is 0 Å². The summed E-state index contributed by atoms with van der Waals surface area (Å²) >= 11 is 0.